The standard InChI is InChI=1S/C13H9FN4O/c14-9-5-8(6-16-7-9)13-17-12(18-19-13)10-3-1-2-4-11(10)15/h1-7H,15H2. The second-order valence-electron chi connectivity index (χ2n) is 3.90. The minimum atomic E-state index is -0.462. The maximum absolute atomic E-state index is 13.1. The van der Waals surface area contributed by atoms with Crippen LogP contribution in [0, 0.1) is 5.82 Å². The van der Waals surface area contributed by atoms with Crippen molar-refractivity contribution in [2.24, 2.45) is 0 Å². The van der Waals surface area contributed by atoms with Crippen LogP contribution in [0.25, 0.3) is 22.8 Å². The maximum Gasteiger partial charge on any atom is 0.259 e. The predicted octanol–water partition coefficient (Wildman–Crippen LogP) is 2.52. The summed E-state index contributed by atoms with van der Waals surface area (Å²) in [6.07, 6.45) is 2.56. The molecule has 2 aromatic heterocycles. The molecule has 6 heteroatoms. The van der Waals surface area contributed by atoms with E-state index in [1.807, 2.05) is 12.1 Å². The summed E-state index contributed by atoms with van der Waals surface area (Å²) in [5, 5.41) is 3.84. The van der Waals surface area contributed by atoms with E-state index in [1.165, 1.54) is 12.3 Å². The van der Waals surface area contributed by atoms with Crippen molar-refractivity contribution in [1.82, 2.24) is 15.1 Å². The van der Waals surface area contributed by atoms with E-state index in [2.05, 4.69) is 15.1 Å². The second-order valence-corrected chi connectivity index (χ2v) is 3.90. The molecule has 0 saturated heterocycles. The summed E-state index contributed by atoms with van der Waals surface area (Å²) in [6.45, 7) is 0. The minimum Gasteiger partial charge on any atom is -0.398 e. The second kappa shape index (κ2) is 4.49. The number of nitrogen functional groups attached to an aromatic ring is 1. The van der Waals surface area contributed by atoms with Crippen molar-refractivity contribution in [1.29, 1.82) is 0 Å². The Bertz CT molecular complexity index is 726. The van der Waals surface area contributed by atoms with E-state index >= 15 is 0 Å². The molecule has 2 N–H and O–H groups in total. The number of halogens is 1. The van der Waals surface area contributed by atoms with Crippen molar-refractivity contribution in [3.8, 4) is 22.8 Å². The van der Waals surface area contributed by atoms with E-state index in [0.717, 1.165) is 6.20 Å². The monoisotopic (exact) mass is 256 g/mol. The number of aromatic nitrogens is 3. The minimum absolute atomic E-state index is 0.199. The average Bonchev–Trinajstić information content (AvgIpc) is 2.89. The van der Waals surface area contributed by atoms with Gasteiger partial charge in [0.25, 0.3) is 5.89 Å². The summed E-state index contributed by atoms with van der Waals surface area (Å²) in [7, 11) is 0. The molecule has 0 aliphatic heterocycles. The number of hydrogen-bond donors (Lipinski definition) is 1. The zero-order valence-electron chi connectivity index (χ0n) is 9.75. The van der Waals surface area contributed by atoms with E-state index in [1.54, 1.807) is 12.1 Å². The van der Waals surface area contributed by atoms with Crippen molar-refractivity contribution < 1.29 is 8.91 Å². The molecule has 5 nitrogen and oxygen atoms in total. The van der Waals surface area contributed by atoms with Gasteiger partial charge in [0.15, 0.2) is 0 Å². The Kier molecular flexibility index (Phi) is 2.68. The Balaban J connectivity index is 2.03. The molecule has 0 aliphatic rings. The van der Waals surface area contributed by atoms with Crippen LogP contribution < -0.4 is 5.73 Å². The van der Waals surface area contributed by atoms with E-state index in [9.17, 15) is 4.39 Å². The van der Waals surface area contributed by atoms with E-state index in [4.69, 9.17) is 10.3 Å². The number of nitrogens with two attached hydrogens (primary N) is 1. The van der Waals surface area contributed by atoms with Gasteiger partial charge >= 0.3 is 0 Å². The van der Waals surface area contributed by atoms with Crippen LogP contribution in [0.1, 0.15) is 0 Å². The first-order valence-electron chi connectivity index (χ1n) is 5.53. The van der Waals surface area contributed by atoms with Gasteiger partial charge in [-0.15, -0.1) is 0 Å². The largest absolute Gasteiger partial charge is 0.398 e. The quantitative estimate of drug-likeness (QED) is 0.713. The molecule has 0 amide bonds. The number of para-hydroxylation sites is 1. The first kappa shape index (κ1) is 11.3. The van der Waals surface area contributed by atoms with Crippen molar-refractivity contribution in [3.05, 3.63) is 48.5 Å². The highest BCUT2D eigenvalue weighted by atomic mass is 19.1. The fourth-order valence-corrected chi connectivity index (χ4v) is 1.68. The van der Waals surface area contributed by atoms with Crippen LogP contribution in [0.4, 0.5) is 10.1 Å². The van der Waals surface area contributed by atoms with Gasteiger partial charge < -0.3 is 10.3 Å². The first-order chi connectivity index (χ1) is 9.24. The molecule has 94 valence electrons. The molecule has 3 aromatic rings. The highest BCUT2D eigenvalue weighted by Gasteiger charge is 2.13. The lowest BCUT2D eigenvalue weighted by Gasteiger charge is -1.98. The van der Waals surface area contributed by atoms with Gasteiger partial charge in [0, 0.05) is 17.4 Å². The molecule has 0 saturated carbocycles. The smallest absolute Gasteiger partial charge is 0.259 e. The molecule has 0 bridgehead atoms. The average molecular weight is 256 g/mol. The zero-order valence-corrected chi connectivity index (χ0v) is 9.75. The maximum atomic E-state index is 13.1. The molecule has 0 spiro atoms. The number of pyridine rings is 1. The molecule has 0 fully saturated rings. The van der Waals surface area contributed by atoms with E-state index in [0.29, 0.717) is 22.6 Å². The molecule has 0 aliphatic carbocycles. The van der Waals surface area contributed by atoms with Crippen LogP contribution in [-0.2, 0) is 0 Å². The molecule has 2 heterocycles. The van der Waals surface area contributed by atoms with Gasteiger partial charge in [-0.3, -0.25) is 4.98 Å². The van der Waals surface area contributed by atoms with Gasteiger partial charge in [0.05, 0.1) is 11.8 Å². The van der Waals surface area contributed by atoms with Crippen LogP contribution in [0.5, 0.6) is 0 Å². The molecular formula is C13H9FN4O. The normalized spacial score (nSPS) is 10.6. The number of nitrogens with zero attached hydrogens (tertiary/aromatic N) is 3. The third-order valence-corrected chi connectivity index (χ3v) is 2.58. The Morgan fingerprint density at radius 1 is 1.16 bits per heavy atom. The topological polar surface area (TPSA) is 77.8 Å². The molecule has 1 aromatic carbocycles. The van der Waals surface area contributed by atoms with Crippen molar-refractivity contribution >= 4 is 5.69 Å². The Labute approximate surface area is 107 Å². The lowest BCUT2D eigenvalue weighted by atomic mass is 10.2. The van der Waals surface area contributed by atoms with Crippen LogP contribution >= 0.6 is 0 Å². The van der Waals surface area contributed by atoms with Gasteiger partial charge in [0.1, 0.15) is 5.82 Å². The summed E-state index contributed by atoms with van der Waals surface area (Å²) in [5.74, 6) is 0.0964. The molecule has 0 radical (unpaired) electrons. The number of rotatable bonds is 2. The fraction of sp³-hybridized carbons (Fsp3) is 0. The number of benzene rings is 1. The van der Waals surface area contributed by atoms with Gasteiger partial charge in [-0.05, 0) is 18.2 Å². The van der Waals surface area contributed by atoms with Gasteiger partial charge in [-0.25, -0.2) is 4.39 Å². The lowest BCUT2D eigenvalue weighted by molar-refractivity contribution is 0.432. The van der Waals surface area contributed by atoms with Crippen LogP contribution in [0.2, 0.25) is 0 Å². The summed E-state index contributed by atoms with van der Waals surface area (Å²) in [6, 6.07) is 8.45. The van der Waals surface area contributed by atoms with Crippen LogP contribution in [-0.4, -0.2) is 15.1 Å². The predicted molar refractivity (Wildman–Crippen MR) is 67.3 cm³/mol. The third kappa shape index (κ3) is 2.15. The van der Waals surface area contributed by atoms with Crippen molar-refractivity contribution in [3.63, 3.8) is 0 Å². The Morgan fingerprint density at radius 3 is 2.79 bits per heavy atom. The van der Waals surface area contributed by atoms with Crippen molar-refractivity contribution in [2.45, 2.75) is 0 Å². The molecular weight excluding hydrogens is 247 g/mol. The summed E-state index contributed by atoms with van der Waals surface area (Å²) in [4.78, 5) is 7.92. The summed E-state index contributed by atoms with van der Waals surface area (Å²) < 4.78 is 18.2. The van der Waals surface area contributed by atoms with Crippen LogP contribution in [0.3, 0.4) is 0 Å². The molecule has 3 rings (SSSR count). The summed E-state index contributed by atoms with van der Waals surface area (Å²) in [5.41, 5.74) is 7.47. The molecule has 0 unspecified atom stereocenters. The Morgan fingerprint density at radius 2 is 2.00 bits per heavy atom. The van der Waals surface area contributed by atoms with E-state index in [-0.39, 0.29) is 5.89 Å². The van der Waals surface area contributed by atoms with Gasteiger partial charge in [-0.2, -0.15) is 4.98 Å². The highest BCUT2D eigenvalue weighted by molar-refractivity contribution is 5.71. The van der Waals surface area contributed by atoms with E-state index < -0.39 is 5.82 Å². The highest BCUT2D eigenvalue weighted by Crippen LogP contribution is 2.25. The number of hydrogen-bond acceptors (Lipinski definition) is 5. The summed E-state index contributed by atoms with van der Waals surface area (Å²) >= 11 is 0. The zero-order chi connectivity index (χ0) is 13.2. The molecule has 19 heavy (non-hydrogen) atoms. The molecule has 0 atom stereocenters. The lowest BCUT2D eigenvalue weighted by Crippen LogP contribution is -1.90. The third-order valence-electron chi connectivity index (χ3n) is 2.58. The Hall–Kier alpha value is -2.76. The van der Waals surface area contributed by atoms with Crippen molar-refractivity contribution in [2.75, 3.05) is 5.73 Å². The fourth-order valence-electron chi connectivity index (χ4n) is 1.68. The van der Waals surface area contributed by atoms with Gasteiger partial charge in [0.2, 0.25) is 5.82 Å². The van der Waals surface area contributed by atoms with Crippen LogP contribution in [0.15, 0.2) is 47.2 Å². The van der Waals surface area contributed by atoms with Gasteiger partial charge in [-0.1, -0.05) is 17.3 Å². The first-order valence-corrected chi connectivity index (χ1v) is 5.53. The number of anilines is 1. The SMILES string of the molecule is Nc1ccccc1-c1noc(-c2cncc(F)c2)n1.